The zero-order chi connectivity index (χ0) is 20.1. The fourth-order valence-electron chi connectivity index (χ4n) is 2.53. The number of ether oxygens (including phenoxy) is 3. The van der Waals surface area contributed by atoms with E-state index < -0.39 is 24.3 Å². The first-order valence-corrected chi connectivity index (χ1v) is 7.55. The van der Waals surface area contributed by atoms with Crippen molar-refractivity contribution in [2.24, 2.45) is 0 Å². The summed E-state index contributed by atoms with van der Waals surface area (Å²) >= 11 is 0. The van der Waals surface area contributed by atoms with Crippen LogP contribution in [-0.4, -0.2) is 28.5 Å². The van der Waals surface area contributed by atoms with E-state index in [-0.39, 0.29) is 34.0 Å². The van der Waals surface area contributed by atoms with Gasteiger partial charge in [0.2, 0.25) is 5.95 Å². The standard InChI is InChI=1S/C16H8F5N3O4/c17-15(18,19)26-8-3-1-2-7(4-8)13(25)24-14-22-9-5-11-12(6-10(9)23-14)28-16(20,21)27-11/h1-6H,(H2,22,23,24,25). The molecule has 3 aromatic rings. The molecule has 0 bridgehead atoms. The second-order valence-electron chi connectivity index (χ2n) is 5.60. The van der Waals surface area contributed by atoms with Gasteiger partial charge in [0.1, 0.15) is 5.75 Å². The molecule has 2 N–H and O–H groups in total. The molecule has 0 fully saturated rings. The Kier molecular flexibility index (Phi) is 3.80. The lowest BCUT2D eigenvalue weighted by atomic mass is 10.2. The van der Waals surface area contributed by atoms with Crippen LogP contribution in [0.15, 0.2) is 36.4 Å². The molecule has 4 rings (SSSR count). The zero-order valence-electron chi connectivity index (χ0n) is 13.4. The first-order chi connectivity index (χ1) is 13.1. The Morgan fingerprint density at radius 3 is 2.57 bits per heavy atom. The van der Waals surface area contributed by atoms with Crippen molar-refractivity contribution in [2.45, 2.75) is 12.7 Å². The van der Waals surface area contributed by atoms with Crippen molar-refractivity contribution in [1.29, 1.82) is 0 Å². The third-order valence-corrected chi connectivity index (χ3v) is 3.57. The molecule has 7 nitrogen and oxygen atoms in total. The number of benzene rings is 2. The van der Waals surface area contributed by atoms with Crippen molar-refractivity contribution < 1.29 is 41.0 Å². The number of carbonyl (C=O) groups excluding carboxylic acids is 1. The maximum absolute atomic E-state index is 13.1. The number of H-pyrrole nitrogens is 1. The van der Waals surface area contributed by atoms with Crippen LogP contribution in [0, 0.1) is 0 Å². The summed E-state index contributed by atoms with van der Waals surface area (Å²) in [5.74, 6) is -1.82. The van der Waals surface area contributed by atoms with E-state index in [1.54, 1.807) is 0 Å². The Morgan fingerprint density at radius 1 is 1.14 bits per heavy atom. The van der Waals surface area contributed by atoms with Gasteiger partial charge in [-0.05, 0) is 18.2 Å². The highest BCUT2D eigenvalue weighted by Gasteiger charge is 2.43. The molecule has 2 aromatic carbocycles. The van der Waals surface area contributed by atoms with Crippen LogP contribution in [0.4, 0.5) is 27.9 Å². The highest BCUT2D eigenvalue weighted by Crippen LogP contribution is 2.42. The molecule has 0 aliphatic carbocycles. The van der Waals surface area contributed by atoms with Crippen LogP contribution in [0.3, 0.4) is 0 Å². The third-order valence-electron chi connectivity index (χ3n) is 3.57. The molecule has 1 aliphatic heterocycles. The molecule has 28 heavy (non-hydrogen) atoms. The van der Waals surface area contributed by atoms with Crippen LogP contribution in [0.1, 0.15) is 10.4 Å². The minimum absolute atomic E-state index is 0.0578. The van der Waals surface area contributed by atoms with Crippen molar-refractivity contribution in [3.63, 3.8) is 0 Å². The SMILES string of the molecule is O=C(Nc1nc2cc3c(cc2[nH]1)OC(F)(F)O3)c1cccc(OC(F)(F)F)c1. The number of aromatic nitrogens is 2. The quantitative estimate of drug-likeness (QED) is 0.648. The average Bonchev–Trinajstić information content (AvgIpc) is 3.07. The van der Waals surface area contributed by atoms with E-state index in [0.29, 0.717) is 0 Å². The zero-order valence-corrected chi connectivity index (χ0v) is 13.4. The molecule has 2 heterocycles. The van der Waals surface area contributed by atoms with E-state index in [2.05, 4.69) is 29.5 Å². The van der Waals surface area contributed by atoms with Crippen LogP contribution >= 0.6 is 0 Å². The average molecular weight is 401 g/mol. The Bertz CT molecular complexity index is 1030. The number of anilines is 1. The number of nitrogens with zero attached hydrogens (tertiary/aromatic N) is 1. The lowest BCUT2D eigenvalue weighted by Gasteiger charge is -2.09. The fourth-order valence-corrected chi connectivity index (χ4v) is 2.53. The molecule has 1 aromatic heterocycles. The lowest BCUT2D eigenvalue weighted by Crippen LogP contribution is -2.25. The van der Waals surface area contributed by atoms with Crippen LogP contribution < -0.4 is 19.5 Å². The Balaban J connectivity index is 1.54. The number of carbonyl (C=O) groups is 1. The number of hydrogen-bond donors (Lipinski definition) is 2. The number of aromatic amines is 1. The minimum Gasteiger partial charge on any atom is -0.406 e. The first kappa shape index (κ1) is 17.8. The number of fused-ring (bicyclic) bond motifs is 2. The molecule has 1 amide bonds. The van der Waals surface area contributed by atoms with Gasteiger partial charge in [0.05, 0.1) is 11.0 Å². The van der Waals surface area contributed by atoms with E-state index in [0.717, 1.165) is 12.1 Å². The lowest BCUT2D eigenvalue weighted by molar-refractivity contribution is -0.286. The second-order valence-corrected chi connectivity index (χ2v) is 5.60. The van der Waals surface area contributed by atoms with Crippen LogP contribution in [0.2, 0.25) is 0 Å². The number of rotatable bonds is 3. The molecular weight excluding hydrogens is 393 g/mol. The molecule has 1 aliphatic rings. The summed E-state index contributed by atoms with van der Waals surface area (Å²) in [5.41, 5.74) is 0.352. The van der Waals surface area contributed by atoms with Gasteiger partial charge in [-0.3, -0.25) is 10.1 Å². The highest BCUT2D eigenvalue weighted by molar-refractivity contribution is 6.04. The molecule has 0 unspecified atom stereocenters. The van der Waals surface area contributed by atoms with Crippen molar-refractivity contribution >= 4 is 22.9 Å². The molecule has 0 atom stereocenters. The van der Waals surface area contributed by atoms with E-state index in [1.165, 1.54) is 24.3 Å². The topological polar surface area (TPSA) is 85.5 Å². The number of imidazole rings is 1. The van der Waals surface area contributed by atoms with Crippen molar-refractivity contribution in [3.8, 4) is 17.2 Å². The van der Waals surface area contributed by atoms with E-state index in [9.17, 15) is 26.7 Å². The summed E-state index contributed by atoms with van der Waals surface area (Å²) in [4.78, 5) is 18.9. The molecule has 0 spiro atoms. The highest BCUT2D eigenvalue weighted by atomic mass is 19.4. The first-order valence-electron chi connectivity index (χ1n) is 7.55. The Morgan fingerprint density at radius 2 is 1.86 bits per heavy atom. The summed E-state index contributed by atoms with van der Waals surface area (Å²) in [6.07, 6.45) is -8.67. The van der Waals surface area contributed by atoms with Gasteiger partial charge >= 0.3 is 12.7 Å². The summed E-state index contributed by atoms with van der Waals surface area (Å²) < 4.78 is 75.3. The van der Waals surface area contributed by atoms with E-state index >= 15 is 0 Å². The van der Waals surface area contributed by atoms with E-state index in [1.807, 2.05) is 0 Å². The number of amides is 1. The maximum atomic E-state index is 13.1. The smallest absolute Gasteiger partial charge is 0.406 e. The third kappa shape index (κ3) is 3.61. The summed E-state index contributed by atoms with van der Waals surface area (Å²) in [7, 11) is 0. The molecule has 0 saturated heterocycles. The van der Waals surface area contributed by atoms with Gasteiger partial charge in [0.25, 0.3) is 5.91 Å². The van der Waals surface area contributed by atoms with Gasteiger partial charge in [0, 0.05) is 17.7 Å². The predicted molar refractivity (Wildman–Crippen MR) is 83.4 cm³/mol. The van der Waals surface area contributed by atoms with Crippen LogP contribution in [-0.2, 0) is 0 Å². The number of hydrogen-bond acceptors (Lipinski definition) is 5. The number of alkyl halides is 5. The van der Waals surface area contributed by atoms with Gasteiger partial charge in [-0.1, -0.05) is 6.07 Å². The summed E-state index contributed by atoms with van der Waals surface area (Å²) in [5, 5.41) is 2.36. The Labute approximate surface area is 152 Å². The van der Waals surface area contributed by atoms with Crippen LogP contribution in [0.5, 0.6) is 17.2 Å². The largest absolute Gasteiger partial charge is 0.586 e. The van der Waals surface area contributed by atoms with E-state index in [4.69, 9.17) is 0 Å². The normalized spacial score (nSPS) is 14.9. The molecule has 12 heteroatoms. The summed E-state index contributed by atoms with van der Waals surface area (Å²) in [6, 6.07) is 6.85. The molecule has 146 valence electrons. The fraction of sp³-hybridized carbons (Fsp3) is 0.125. The molecule has 0 saturated carbocycles. The Hall–Kier alpha value is -3.57. The van der Waals surface area contributed by atoms with Gasteiger partial charge in [-0.25, -0.2) is 4.98 Å². The number of halogens is 5. The second kappa shape index (κ2) is 5.97. The van der Waals surface area contributed by atoms with Crippen molar-refractivity contribution in [1.82, 2.24) is 9.97 Å². The van der Waals surface area contributed by atoms with Crippen molar-refractivity contribution in [3.05, 3.63) is 42.0 Å². The summed E-state index contributed by atoms with van der Waals surface area (Å²) in [6.45, 7) is 0. The van der Waals surface area contributed by atoms with Gasteiger partial charge < -0.3 is 19.2 Å². The monoisotopic (exact) mass is 401 g/mol. The predicted octanol–water partition coefficient (Wildman–Crippen LogP) is 4.04. The number of nitrogens with one attached hydrogen (secondary N) is 2. The molecular formula is C16H8F5N3O4. The van der Waals surface area contributed by atoms with Crippen LogP contribution in [0.25, 0.3) is 11.0 Å². The van der Waals surface area contributed by atoms with Gasteiger partial charge in [-0.15, -0.1) is 22.0 Å². The van der Waals surface area contributed by atoms with Crippen molar-refractivity contribution in [2.75, 3.05) is 5.32 Å². The molecule has 0 radical (unpaired) electrons. The van der Waals surface area contributed by atoms with Gasteiger partial charge in [-0.2, -0.15) is 0 Å². The minimum atomic E-state index is -4.89. The van der Waals surface area contributed by atoms with Gasteiger partial charge in [0.15, 0.2) is 11.5 Å². The maximum Gasteiger partial charge on any atom is 0.586 e.